The number of carbonyl (C=O) groups is 1. The summed E-state index contributed by atoms with van der Waals surface area (Å²) in [6.45, 7) is 5.68. The molecule has 1 saturated heterocycles. The molecule has 6 heteroatoms. The first kappa shape index (κ1) is 14.4. The topological polar surface area (TPSA) is 80.5 Å². The highest BCUT2D eigenvalue weighted by Gasteiger charge is 2.31. The van der Waals surface area contributed by atoms with Crippen LogP contribution in [0.1, 0.15) is 20.3 Å². The zero-order chi connectivity index (χ0) is 13.2. The SMILES string of the molecule is CC1CN(C(=O)C(N)CCS(C)(=O)=O)CC1C. The molecule has 1 fully saturated rings. The molecule has 17 heavy (non-hydrogen) atoms. The van der Waals surface area contributed by atoms with E-state index in [1.54, 1.807) is 4.90 Å². The van der Waals surface area contributed by atoms with E-state index >= 15 is 0 Å². The molecule has 1 rings (SSSR count). The predicted octanol–water partition coefficient (Wildman–Crippen LogP) is -0.137. The van der Waals surface area contributed by atoms with E-state index in [9.17, 15) is 13.2 Å². The third kappa shape index (κ3) is 4.27. The molecule has 5 nitrogen and oxygen atoms in total. The third-order valence-electron chi connectivity index (χ3n) is 3.42. The quantitative estimate of drug-likeness (QED) is 0.765. The van der Waals surface area contributed by atoms with Crippen molar-refractivity contribution in [1.29, 1.82) is 0 Å². The van der Waals surface area contributed by atoms with Gasteiger partial charge in [0.05, 0.1) is 11.8 Å². The maximum atomic E-state index is 12.0. The molecule has 0 aliphatic carbocycles. The van der Waals surface area contributed by atoms with Crippen LogP contribution in [0.4, 0.5) is 0 Å². The van der Waals surface area contributed by atoms with Crippen LogP contribution >= 0.6 is 0 Å². The molecule has 0 aromatic rings. The highest BCUT2D eigenvalue weighted by atomic mass is 32.2. The summed E-state index contributed by atoms with van der Waals surface area (Å²) in [5.74, 6) is 0.825. The number of hydrogen-bond donors (Lipinski definition) is 1. The minimum absolute atomic E-state index is 0.0289. The molecular weight excluding hydrogens is 240 g/mol. The number of nitrogens with two attached hydrogens (primary N) is 1. The summed E-state index contributed by atoms with van der Waals surface area (Å²) in [6, 6.07) is -0.692. The molecule has 1 heterocycles. The second-order valence-corrected chi connectivity index (χ2v) is 7.48. The van der Waals surface area contributed by atoms with E-state index in [4.69, 9.17) is 5.73 Å². The molecule has 0 aromatic heterocycles. The summed E-state index contributed by atoms with van der Waals surface area (Å²) in [4.78, 5) is 13.7. The standard InChI is InChI=1S/C11H22N2O3S/c1-8-6-13(7-9(8)2)11(14)10(12)4-5-17(3,15)16/h8-10H,4-7,12H2,1-3H3. The molecular formula is C11H22N2O3S. The Bertz CT molecular complexity index is 370. The zero-order valence-corrected chi connectivity index (χ0v) is 11.5. The minimum Gasteiger partial charge on any atom is -0.341 e. The van der Waals surface area contributed by atoms with Crippen LogP contribution in [-0.4, -0.2) is 50.4 Å². The van der Waals surface area contributed by atoms with Gasteiger partial charge in [0.15, 0.2) is 0 Å². The van der Waals surface area contributed by atoms with Gasteiger partial charge in [-0.25, -0.2) is 8.42 Å². The van der Waals surface area contributed by atoms with Crippen LogP contribution in [-0.2, 0) is 14.6 Å². The van der Waals surface area contributed by atoms with Crippen LogP contribution < -0.4 is 5.73 Å². The van der Waals surface area contributed by atoms with Gasteiger partial charge in [-0.2, -0.15) is 0 Å². The molecule has 0 spiro atoms. The molecule has 100 valence electrons. The number of sulfone groups is 1. The number of rotatable bonds is 4. The molecule has 1 aliphatic heterocycles. The zero-order valence-electron chi connectivity index (χ0n) is 10.7. The fourth-order valence-electron chi connectivity index (χ4n) is 2.01. The molecule has 3 atom stereocenters. The van der Waals surface area contributed by atoms with Crippen molar-refractivity contribution in [2.45, 2.75) is 26.3 Å². The Morgan fingerprint density at radius 1 is 1.35 bits per heavy atom. The van der Waals surface area contributed by atoms with E-state index in [0.717, 1.165) is 19.3 Å². The largest absolute Gasteiger partial charge is 0.341 e. The van der Waals surface area contributed by atoms with E-state index in [2.05, 4.69) is 13.8 Å². The van der Waals surface area contributed by atoms with Crippen LogP contribution in [0.15, 0.2) is 0 Å². The lowest BCUT2D eigenvalue weighted by molar-refractivity contribution is -0.131. The maximum Gasteiger partial charge on any atom is 0.239 e. The first-order valence-electron chi connectivity index (χ1n) is 5.93. The van der Waals surface area contributed by atoms with Crippen molar-refractivity contribution < 1.29 is 13.2 Å². The monoisotopic (exact) mass is 262 g/mol. The third-order valence-corrected chi connectivity index (χ3v) is 4.39. The van der Waals surface area contributed by atoms with Gasteiger partial charge in [0.2, 0.25) is 5.91 Å². The molecule has 0 aromatic carbocycles. The van der Waals surface area contributed by atoms with Gasteiger partial charge >= 0.3 is 0 Å². The normalized spacial score (nSPS) is 27.2. The molecule has 1 aliphatic rings. The number of carbonyl (C=O) groups excluding carboxylic acids is 1. The lowest BCUT2D eigenvalue weighted by atomic mass is 10.0. The van der Waals surface area contributed by atoms with Crippen molar-refractivity contribution in [1.82, 2.24) is 4.90 Å². The first-order valence-corrected chi connectivity index (χ1v) is 7.99. The lowest BCUT2D eigenvalue weighted by Crippen LogP contribution is -2.43. The minimum atomic E-state index is -3.05. The predicted molar refractivity (Wildman–Crippen MR) is 67.2 cm³/mol. The smallest absolute Gasteiger partial charge is 0.239 e. The van der Waals surface area contributed by atoms with Crippen molar-refractivity contribution in [2.24, 2.45) is 17.6 Å². The number of nitrogens with zero attached hydrogens (tertiary/aromatic N) is 1. The van der Waals surface area contributed by atoms with Gasteiger partial charge in [-0.05, 0) is 18.3 Å². The van der Waals surface area contributed by atoms with Crippen LogP contribution in [0.25, 0.3) is 0 Å². The van der Waals surface area contributed by atoms with Crippen LogP contribution in [0.3, 0.4) is 0 Å². The Morgan fingerprint density at radius 3 is 2.24 bits per heavy atom. The fourth-order valence-corrected chi connectivity index (χ4v) is 2.69. The second-order valence-electron chi connectivity index (χ2n) is 5.22. The lowest BCUT2D eigenvalue weighted by Gasteiger charge is -2.20. The second kappa shape index (κ2) is 5.35. The van der Waals surface area contributed by atoms with E-state index in [1.165, 1.54) is 0 Å². The average molecular weight is 262 g/mol. The van der Waals surface area contributed by atoms with Gasteiger partial charge in [0.1, 0.15) is 9.84 Å². The van der Waals surface area contributed by atoms with Crippen LogP contribution in [0, 0.1) is 11.8 Å². The molecule has 0 saturated carbocycles. The van der Waals surface area contributed by atoms with Gasteiger partial charge < -0.3 is 10.6 Å². The Morgan fingerprint density at radius 2 is 1.82 bits per heavy atom. The van der Waals surface area contributed by atoms with Crippen molar-refractivity contribution in [2.75, 3.05) is 25.1 Å². The van der Waals surface area contributed by atoms with Crippen LogP contribution in [0.2, 0.25) is 0 Å². The molecule has 1 amide bonds. The van der Waals surface area contributed by atoms with E-state index in [1.807, 2.05) is 0 Å². The summed E-state index contributed by atoms with van der Waals surface area (Å²) in [6.07, 6.45) is 1.36. The van der Waals surface area contributed by atoms with E-state index < -0.39 is 15.9 Å². The van der Waals surface area contributed by atoms with Crippen molar-refractivity contribution in [3.63, 3.8) is 0 Å². The summed E-state index contributed by atoms with van der Waals surface area (Å²) in [5.41, 5.74) is 5.74. The molecule has 3 unspecified atom stereocenters. The highest BCUT2D eigenvalue weighted by Crippen LogP contribution is 2.22. The van der Waals surface area contributed by atoms with Gasteiger partial charge in [-0.15, -0.1) is 0 Å². The van der Waals surface area contributed by atoms with Crippen molar-refractivity contribution in [3.8, 4) is 0 Å². The number of hydrogen-bond acceptors (Lipinski definition) is 4. The van der Waals surface area contributed by atoms with Gasteiger partial charge in [-0.1, -0.05) is 13.8 Å². The van der Waals surface area contributed by atoms with Gasteiger partial charge in [-0.3, -0.25) is 4.79 Å². The van der Waals surface area contributed by atoms with Crippen molar-refractivity contribution >= 4 is 15.7 Å². The van der Waals surface area contributed by atoms with Gasteiger partial charge in [0, 0.05) is 19.3 Å². The first-order chi connectivity index (χ1) is 7.70. The fraction of sp³-hybridized carbons (Fsp3) is 0.909. The average Bonchev–Trinajstić information content (AvgIpc) is 2.53. The summed E-state index contributed by atoms with van der Waals surface area (Å²) in [7, 11) is -3.05. The van der Waals surface area contributed by atoms with Gasteiger partial charge in [0.25, 0.3) is 0 Å². The Hall–Kier alpha value is -0.620. The van der Waals surface area contributed by atoms with Crippen LogP contribution in [0.5, 0.6) is 0 Å². The van der Waals surface area contributed by atoms with E-state index in [-0.39, 0.29) is 18.1 Å². The Labute approximate surface area is 103 Å². The molecule has 2 N–H and O–H groups in total. The highest BCUT2D eigenvalue weighted by molar-refractivity contribution is 7.90. The molecule has 0 radical (unpaired) electrons. The molecule has 0 bridgehead atoms. The Kier molecular flexibility index (Phi) is 4.55. The van der Waals surface area contributed by atoms with Crippen molar-refractivity contribution in [3.05, 3.63) is 0 Å². The summed E-state index contributed by atoms with van der Waals surface area (Å²) >= 11 is 0. The Balaban J connectivity index is 2.48. The number of amides is 1. The summed E-state index contributed by atoms with van der Waals surface area (Å²) in [5, 5.41) is 0. The number of likely N-dealkylation sites (tertiary alicyclic amines) is 1. The maximum absolute atomic E-state index is 12.0. The van der Waals surface area contributed by atoms with E-state index in [0.29, 0.717) is 11.8 Å². The summed E-state index contributed by atoms with van der Waals surface area (Å²) < 4.78 is 22.0.